The first-order valence-corrected chi connectivity index (χ1v) is 5.97. The molecule has 0 saturated carbocycles. The van der Waals surface area contributed by atoms with Crippen molar-refractivity contribution in [3.05, 3.63) is 27.5 Å². The van der Waals surface area contributed by atoms with Crippen LogP contribution in [0, 0.1) is 12.7 Å². The molecule has 0 saturated heterocycles. The van der Waals surface area contributed by atoms with E-state index in [9.17, 15) is 14.0 Å². The topological polar surface area (TPSA) is 52.6 Å². The molecular formula is C12H12BrFO4. The molecule has 0 N–H and O–H groups in total. The van der Waals surface area contributed by atoms with Gasteiger partial charge in [-0.25, -0.2) is 9.18 Å². The largest absolute Gasteiger partial charge is 0.493 e. The second kappa shape index (κ2) is 5.95. The molecule has 1 aromatic rings. The number of methoxy groups -OCH3 is 1. The van der Waals surface area contributed by atoms with E-state index < -0.39 is 17.6 Å². The van der Waals surface area contributed by atoms with Crippen LogP contribution in [0.2, 0.25) is 0 Å². The molecule has 0 fully saturated rings. The maximum Gasteiger partial charge on any atom is 0.379 e. The number of esters is 1. The zero-order valence-electron chi connectivity index (χ0n) is 10.2. The van der Waals surface area contributed by atoms with Crippen LogP contribution in [0.4, 0.5) is 4.39 Å². The molecule has 98 valence electrons. The van der Waals surface area contributed by atoms with E-state index in [1.165, 1.54) is 13.2 Å². The van der Waals surface area contributed by atoms with E-state index in [2.05, 4.69) is 20.7 Å². The zero-order chi connectivity index (χ0) is 13.9. The van der Waals surface area contributed by atoms with Crippen LogP contribution in [-0.2, 0) is 9.53 Å². The third-order valence-corrected chi connectivity index (χ3v) is 3.15. The molecule has 0 amide bonds. The molecule has 0 bridgehead atoms. The van der Waals surface area contributed by atoms with Crippen LogP contribution < -0.4 is 4.74 Å². The summed E-state index contributed by atoms with van der Waals surface area (Å²) in [6.45, 7) is 3.23. The lowest BCUT2D eigenvalue weighted by Crippen LogP contribution is -2.20. The molecule has 0 aliphatic heterocycles. The molecule has 1 aromatic carbocycles. The minimum atomic E-state index is -1.03. The molecule has 0 aliphatic carbocycles. The van der Waals surface area contributed by atoms with Crippen LogP contribution in [0.15, 0.2) is 10.5 Å². The van der Waals surface area contributed by atoms with Crippen LogP contribution in [0.1, 0.15) is 22.8 Å². The van der Waals surface area contributed by atoms with Gasteiger partial charge < -0.3 is 9.47 Å². The van der Waals surface area contributed by atoms with Gasteiger partial charge in [-0.2, -0.15) is 0 Å². The number of halogens is 2. The fraction of sp³-hybridized carbons (Fsp3) is 0.333. The van der Waals surface area contributed by atoms with E-state index in [1.54, 1.807) is 13.8 Å². The molecule has 4 nitrogen and oxygen atoms in total. The minimum absolute atomic E-state index is 0.0718. The summed E-state index contributed by atoms with van der Waals surface area (Å²) in [4.78, 5) is 23.3. The highest BCUT2D eigenvalue weighted by atomic mass is 79.9. The number of hydrogen-bond donors (Lipinski definition) is 0. The highest BCUT2D eigenvalue weighted by Crippen LogP contribution is 2.32. The molecule has 0 radical (unpaired) electrons. The summed E-state index contributed by atoms with van der Waals surface area (Å²) in [5, 5.41) is 0. The van der Waals surface area contributed by atoms with Crippen molar-refractivity contribution in [1.82, 2.24) is 0 Å². The van der Waals surface area contributed by atoms with Gasteiger partial charge in [0.1, 0.15) is 0 Å². The molecular weight excluding hydrogens is 307 g/mol. The van der Waals surface area contributed by atoms with Crippen molar-refractivity contribution in [2.45, 2.75) is 13.8 Å². The van der Waals surface area contributed by atoms with Gasteiger partial charge >= 0.3 is 5.97 Å². The second-order valence-electron chi connectivity index (χ2n) is 3.42. The summed E-state index contributed by atoms with van der Waals surface area (Å²) in [6.07, 6.45) is 0. The number of ether oxygens (including phenoxy) is 2. The van der Waals surface area contributed by atoms with E-state index in [0.717, 1.165) is 0 Å². The highest BCUT2D eigenvalue weighted by Gasteiger charge is 2.27. The molecule has 0 aliphatic rings. The van der Waals surface area contributed by atoms with E-state index in [0.29, 0.717) is 10.0 Å². The number of ketones is 1. The van der Waals surface area contributed by atoms with Crippen molar-refractivity contribution in [2.24, 2.45) is 0 Å². The summed E-state index contributed by atoms with van der Waals surface area (Å²) in [7, 11) is 1.23. The van der Waals surface area contributed by atoms with Gasteiger partial charge in [0.25, 0.3) is 5.78 Å². The fourth-order valence-electron chi connectivity index (χ4n) is 1.47. The molecule has 0 aromatic heterocycles. The third kappa shape index (κ3) is 2.69. The molecule has 0 atom stereocenters. The maximum atomic E-state index is 13.6. The Balaban J connectivity index is 3.38. The Morgan fingerprint density at radius 1 is 1.44 bits per heavy atom. The molecule has 0 heterocycles. The van der Waals surface area contributed by atoms with E-state index in [1.807, 2.05) is 0 Å². The number of hydrogen-bond acceptors (Lipinski definition) is 4. The normalized spacial score (nSPS) is 10.1. The number of carbonyl (C=O) groups is 2. The first-order chi connectivity index (χ1) is 8.43. The Morgan fingerprint density at radius 2 is 2.06 bits per heavy atom. The average Bonchev–Trinajstić information content (AvgIpc) is 2.32. The molecule has 6 heteroatoms. The van der Waals surface area contributed by atoms with Crippen LogP contribution >= 0.6 is 15.9 Å². The Kier molecular flexibility index (Phi) is 4.84. The van der Waals surface area contributed by atoms with Crippen molar-refractivity contribution < 1.29 is 23.5 Å². The van der Waals surface area contributed by atoms with Crippen LogP contribution in [0.3, 0.4) is 0 Å². The summed E-state index contributed by atoms with van der Waals surface area (Å²) in [6, 6.07) is 1.18. The predicted octanol–water partition coefficient (Wildman–Crippen LogP) is 2.65. The fourth-order valence-corrected chi connectivity index (χ4v) is 1.87. The van der Waals surface area contributed by atoms with E-state index in [4.69, 9.17) is 4.74 Å². The average molecular weight is 319 g/mol. The van der Waals surface area contributed by atoms with Gasteiger partial charge in [-0.1, -0.05) is 15.9 Å². The standard InChI is InChI=1S/C12H12BrFO4/c1-4-18-12(16)10(15)9-6(2)7(13)5-8(14)11(9)17-3/h5H,4H2,1-3H3. The van der Waals surface area contributed by atoms with Crippen molar-refractivity contribution in [2.75, 3.05) is 13.7 Å². The maximum absolute atomic E-state index is 13.6. The molecule has 1 rings (SSSR count). The third-order valence-electron chi connectivity index (χ3n) is 2.32. The first-order valence-electron chi connectivity index (χ1n) is 5.18. The Labute approximate surface area is 112 Å². The van der Waals surface area contributed by atoms with Gasteiger partial charge in [-0.15, -0.1) is 0 Å². The van der Waals surface area contributed by atoms with Crippen molar-refractivity contribution in [1.29, 1.82) is 0 Å². The molecule has 0 spiro atoms. The minimum Gasteiger partial charge on any atom is -0.493 e. The summed E-state index contributed by atoms with van der Waals surface area (Å²) < 4.78 is 23.5. The Bertz CT molecular complexity index is 499. The zero-order valence-corrected chi connectivity index (χ0v) is 11.8. The lowest BCUT2D eigenvalue weighted by Gasteiger charge is -2.12. The van der Waals surface area contributed by atoms with Crippen LogP contribution in [-0.4, -0.2) is 25.5 Å². The lowest BCUT2D eigenvalue weighted by molar-refractivity contribution is -0.137. The van der Waals surface area contributed by atoms with Crippen molar-refractivity contribution in [3.63, 3.8) is 0 Å². The predicted molar refractivity (Wildman–Crippen MR) is 66.4 cm³/mol. The second-order valence-corrected chi connectivity index (χ2v) is 4.28. The molecule has 18 heavy (non-hydrogen) atoms. The van der Waals surface area contributed by atoms with Crippen LogP contribution in [0.25, 0.3) is 0 Å². The summed E-state index contributed by atoms with van der Waals surface area (Å²) >= 11 is 3.12. The van der Waals surface area contributed by atoms with Gasteiger partial charge in [-0.05, 0) is 25.5 Å². The Morgan fingerprint density at radius 3 is 2.56 bits per heavy atom. The van der Waals surface area contributed by atoms with Gasteiger partial charge in [0.15, 0.2) is 11.6 Å². The monoisotopic (exact) mass is 318 g/mol. The van der Waals surface area contributed by atoms with E-state index in [-0.39, 0.29) is 17.9 Å². The number of rotatable bonds is 4. The van der Waals surface area contributed by atoms with Gasteiger partial charge in [0.05, 0.1) is 19.3 Å². The van der Waals surface area contributed by atoms with Gasteiger partial charge in [0, 0.05) is 4.47 Å². The molecule has 0 unspecified atom stereocenters. The van der Waals surface area contributed by atoms with E-state index >= 15 is 0 Å². The number of Topliss-reactive ketones (excluding diaryl/α,β-unsaturated/α-hetero) is 1. The summed E-state index contributed by atoms with van der Waals surface area (Å²) in [5.41, 5.74) is 0.300. The van der Waals surface area contributed by atoms with Crippen molar-refractivity contribution in [3.8, 4) is 5.75 Å². The van der Waals surface area contributed by atoms with Gasteiger partial charge in [-0.3, -0.25) is 4.79 Å². The highest BCUT2D eigenvalue weighted by molar-refractivity contribution is 9.10. The van der Waals surface area contributed by atoms with Crippen LogP contribution in [0.5, 0.6) is 5.75 Å². The quantitative estimate of drug-likeness (QED) is 0.486. The summed E-state index contributed by atoms with van der Waals surface area (Å²) in [5.74, 6) is -2.93. The number of benzene rings is 1. The lowest BCUT2D eigenvalue weighted by atomic mass is 10.0. The first kappa shape index (κ1) is 14.6. The smallest absolute Gasteiger partial charge is 0.379 e. The Hall–Kier alpha value is -1.43. The van der Waals surface area contributed by atoms with Crippen molar-refractivity contribution >= 4 is 27.7 Å². The SMILES string of the molecule is CCOC(=O)C(=O)c1c(C)c(Br)cc(F)c1OC. The number of carbonyl (C=O) groups excluding carboxylic acids is 2. The van der Waals surface area contributed by atoms with Gasteiger partial charge in [0.2, 0.25) is 0 Å².